The molecule has 0 aliphatic carbocycles. The Bertz CT molecular complexity index is 757. The van der Waals surface area contributed by atoms with E-state index in [1.165, 1.54) is 12.1 Å². The number of piperazine rings is 1. The Morgan fingerprint density at radius 2 is 1.85 bits per heavy atom. The lowest BCUT2D eigenvalue weighted by Crippen LogP contribution is -2.48. The Morgan fingerprint density at radius 1 is 1.15 bits per heavy atom. The van der Waals surface area contributed by atoms with Gasteiger partial charge in [-0.2, -0.15) is 4.98 Å². The summed E-state index contributed by atoms with van der Waals surface area (Å²) in [4.78, 5) is 24.5. The second kappa shape index (κ2) is 8.12. The summed E-state index contributed by atoms with van der Waals surface area (Å²) in [6.45, 7) is 7.19. The molecule has 138 valence electrons. The lowest BCUT2D eigenvalue weighted by atomic mass is 10.1. The van der Waals surface area contributed by atoms with Crippen molar-refractivity contribution in [2.75, 3.05) is 42.9 Å². The first-order chi connectivity index (χ1) is 12.5. The molecule has 3 rings (SSSR count). The molecule has 1 aromatic carbocycles. The largest absolute Gasteiger partial charge is 0.354 e. The molecule has 7 heteroatoms. The zero-order chi connectivity index (χ0) is 18.5. The average molecular weight is 357 g/mol. The maximum atomic E-state index is 12.9. The quantitative estimate of drug-likeness (QED) is 0.889. The van der Waals surface area contributed by atoms with E-state index in [-0.39, 0.29) is 11.7 Å². The van der Waals surface area contributed by atoms with Gasteiger partial charge in [0.1, 0.15) is 11.6 Å². The normalized spacial score (nSPS) is 14.4. The third-order valence-electron chi connectivity index (χ3n) is 4.50. The molecule has 6 nitrogen and oxygen atoms in total. The molecule has 1 fully saturated rings. The minimum atomic E-state index is -0.224. The van der Waals surface area contributed by atoms with Gasteiger partial charge in [0.05, 0.1) is 0 Å². The number of nitrogens with zero attached hydrogens (tertiary/aromatic N) is 4. The van der Waals surface area contributed by atoms with Crippen molar-refractivity contribution in [3.05, 3.63) is 47.4 Å². The van der Waals surface area contributed by atoms with E-state index in [1.807, 2.05) is 17.9 Å². The predicted molar refractivity (Wildman–Crippen MR) is 99.8 cm³/mol. The highest BCUT2D eigenvalue weighted by atomic mass is 19.1. The van der Waals surface area contributed by atoms with Crippen molar-refractivity contribution in [2.24, 2.45) is 0 Å². The van der Waals surface area contributed by atoms with E-state index < -0.39 is 0 Å². The first-order valence-corrected chi connectivity index (χ1v) is 8.86. The molecule has 1 saturated heterocycles. The van der Waals surface area contributed by atoms with Crippen molar-refractivity contribution in [3.8, 4) is 0 Å². The number of halogens is 1. The molecule has 2 heterocycles. The van der Waals surface area contributed by atoms with Gasteiger partial charge >= 0.3 is 0 Å². The van der Waals surface area contributed by atoms with Crippen molar-refractivity contribution >= 4 is 17.7 Å². The molecule has 0 spiro atoms. The third-order valence-corrected chi connectivity index (χ3v) is 4.50. The lowest BCUT2D eigenvalue weighted by molar-refractivity contribution is -0.129. The van der Waals surface area contributed by atoms with E-state index in [0.717, 1.165) is 36.6 Å². The minimum absolute atomic E-state index is 0.117. The number of amides is 1. The Labute approximate surface area is 153 Å². The van der Waals surface area contributed by atoms with Crippen molar-refractivity contribution < 1.29 is 9.18 Å². The second-order valence-corrected chi connectivity index (χ2v) is 6.49. The molecule has 0 radical (unpaired) electrons. The van der Waals surface area contributed by atoms with Gasteiger partial charge in [-0.1, -0.05) is 12.1 Å². The van der Waals surface area contributed by atoms with E-state index in [9.17, 15) is 9.18 Å². The number of hydrogen-bond acceptors (Lipinski definition) is 5. The summed E-state index contributed by atoms with van der Waals surface area (Å²) in [6, 6.07) is 8.48. The number of anilines is 2. The fraction of sp³-hybridized carbons (Fsp3) is 0.421. The number of hydrogen-bond donors (Lipinski definition) is 1. The maximum absolute atomic E-state index is 12.9. The first-order valence-electron chi connectivity index (χ1n) is 8.86. The number of aryl methyl sites for hydroxylation is 1. The minimum Gasteiger partial charge on any atom is -0.354 e. The molecular formula is C19H24FN5O. The van der Waals surface area contributed by atoms with E-state index >= 15 is 0 Å². The second-order valence-electron chi connectivity index (χ2n) is 6.49. The number of carbonyl (C=O) groups is 1. The highest BCUT2D eigenvalue weighted by Gasteiger charge is 2.20. The summed E-state index contributed by atoms with van der Waals surface area (Å²) < 4.78 is 12.9. The third kappa shape index (κ3) is 4.68. The topological polar surface area (TPSA) is 61.4 Å². The monoisotopic (exact) mass is 357 g/mol. The summed E-state index contributed by atoms with van der Waals surface area (Å²) in [5, 5.41) is 3.25. The molecule has 1 aromatic heterocycles. The van der Waals surface area contributed by atoms with Gasteiger partial charge in [0.2, 0.25) is 11.9 Å². The summed E-state index contributed by atoms with van der Waals surface area (Å²) in [6.07, 6.45) is 0.768. The van der Waals surface area contributed by atoms with Crippen molar-refractivity contribution in [1.29, 1.82) is 0 Å². The van der Waals surface area contributed by atoms with Crippen LogP contribution in [0.1, 0.15) is 18.2 Å². The van der Waals surface area contributed by atoms with Gasteiger partial charge in [0.15, 0.2) is 0 Å². The predicted octanol–water partition coefficient (Wildman–Crippen LogP) is 2.25. The summed E-state index contributed by atoms with van der Waals surface area (Å²) in [5.41, 5.74) is 1.96. The van der Waals surface area contributed by atoms with Crippen molar-refractivity contribution in [3.63, 3.8) is 0 Å². The summed E-state index contributed by atoms with van der Waals surface area (Å²) in [7, 11) is 0. The number of aromatic nitrogens is 2. The summed E-state index contributed by atoms with van der Waals surface area (Å²) >= 11 is 0. The van der Waals surface area contributed by atoms with E-state index in [4.69, 9.17) is 0 Å². The molecule has 0 bridgehead atoms. The Hall–Kier alpha value is -2.70. The number of carbonyl (C=O) groups excluding carboxylic acids is 1. The molecule has 2 aromatic rings. The van der Waals surface area contributed by atoms with Crippen LogP contribution in [-0.2, 0) is 11.2 Å². The summed E-state index contributed by atoms with van der Waals surface area (Å²) in [5.74, 6) is 1.37. The molecule has 0 atom stereocenters. The fourth-order valence-electron chi connectivity index (χ4n) is 3.01. The van der Waals surface area contributed by atoms with Crippen LogP contribution >= 0.6 is 0 Å². The molecule has 1 N–H and O–H groups in total. The molecule has 1 amide bonds. The van der Waals surface area contributed by atoms with Crippen molar-refractivity contribution in [1.82, 2.24) is 14.9 Å². The van der Waals surface area contributed by atoms with Crippen LogP contribution in [0, 0.1) is 12.7 Å². The first kappa shape index (κ1) is 18.1. The van der Waals surface area contributed by atoms with Crippen LogP contribution in [-0.4, -0.2) is 53.5 Å². The van der Waals surface area contributed by atoms with Crippen molar-refractivity contribution in [2.45, 2.75) is 20.3 Å². The van der Waals surface area contributed by atoms with Gasteiger partial charge in [0.25, 0.3) is 0 Å². The van der Waals surface area contributed by atoms with Crippen LogP contribution in [0.25, 0.3) is 0 Å². The number of benzene rings is 1. The van der Waals surface area contributed by atoms with Gasteiger partial charge in [-0.15, -0.1) is 0 Å². The smallest absolute Gasteiger partial charge is 0.224 e. The highest BCUT2D eigenvalue weighted by Crippen LogP contribution is 2.17. The Balaban J connectivity index is 1.59. The fourth-order valence-corrected chi connectivity index (χ4v) is 3.01. The number of rotatable bonds is 5. The number of nitrogens with one attached hydrogen (secondary N) is 1. The van der Waals surface area contributed by atoms with Gasteiger partial charge in [-0.25, -0.2) is 9.37 Å². The van der Waals surface area contributed by atoms with Gasteiger partial charge in [-0.3, -0.25) is 4.79 Å². The zero-order valence-corrected chi connectivity index (χ0v) is 15.2. The van der Waals surface area contributed by atoms with Gasteiger partial charge in [-0.05, 0) is 31.0 Å². The zero-order valence-electron chi connectivity index (χ0n) is 15.2. The Kier molecular flexibility index (Phi) is 5.65. The van der Waals surface area contributed by atoms with E-state index in [2.05, 4.69) is 20.2 Å². The highest BCUT2D eigenvalue weighted by molar-refractivity contribution is 5.73. The van der Waals surface area contributed by atoms with Crippen LogP contribution < -0.4 is 10.2 Å². The molecule has 0 saturated carbocycles. The van der Waals surface area contributed by atoms with Gasteiger partial charge < -0.3 is 15.1 Å². The van der Waals surface area contributed by atoms with Crippen LogP contribution in [0.5, 0.6) is 0 Å². The standard InChI is InChI=1S/C19H24FN5O/c1-14-13-18(25-11-9-24(10-12-25)15(2)26)23-19(22-14)21-8-7-16-3-5-17(20)6-4-16/h3-6,13H,7-12H2,1-2H3,(H,21,22,23). The van der Waals surface area contributed by atoms with E-state index in [1.54, 1.807) is 19.1 Å². The Morgan fingerprint density at radius 3 is 2.50 bits per heavy atom. The average Bonchev–Trinajstić information content (AvgIpc) is 2.63. The maximum Gasteiger partial charge on any atom is 0.224 e. The molecule has 1 aliphatic heterocycles. The van der Waals surface area contributed by atoms with Crippen LogP contribution in [0.2, 0.25) is 0 Å². The molecule has 1 aliphatic rings. The lowest BCUT2D eigenvalue weighted by Gasteiger charge is -2.35. The molecule has 0 unspecified atom stereocenters. The van der Waals surface area contributed by atoms with Crippen LogP contribution in [0.4, 0.5) is 16.2 Å². The molecule has 26 heavy (non-hydrogen) atoms. The molecular weight excluding hydrogens is 333 g/mol. The SMILES string of the molecule is CC(=O)N1CCN(c2cc(C)nc(NCCc3ccc(F)cc3)n2)CC1. The van der Waals surface area contributed by atoms with E-state index in [0.29, 0.717) is 25.6 Å². The van der Waals surface area contributed by atoms with Crippen LogP contribution in [0.15, 0.2) is 30.3 Å². The van der Waals surface area contributed by atoms with Gasteiger partial charge in [0, 0.05) is 51.4 Å². The van der Waals surface area contributed by atoms with Crippen LogP contribution in [0.3, 0.4) is 0 Å².